The molecule has 1 aliphatic rings. The first-order valence-electron chi connectivity index (χ1n) is 8.19. The lowest BCUT2D eigenvalue weighted by molar-refractivity contribution is 0.242. The van der Waals surface area contributed by atoms with Gasteiger partial charge in [-0.05, 0) is 43.4 Å². The van der Waals surface area contributed by atoms with Gasteiger partial charge in [-0.1, -0.05) is 13.0 Å². The minimum Gasteiger partial charge on any atom is -0.347 e. The lowest BCUT2D eigenvalue weighted by Crippen LogP contribution is -2.48. The van der Waals surface area contributed by atoms with E-state index in [2.05, 4.69) is 28.2 Å². The molecule has 2 heterocycles. The molecule has 0 spiro atoms. The first-order chi connectivity index (χ1) is 11.3. The van der Waals surface area contributed by atoms with Crippen molar-refractivity contribution in [1.82, 2.24) is 9.88 Å². The van der Waals surface area contributed by atoms with Crippen molar-refractivity contribution >= 4 is 32.5 Å². The Morgan fingerprint density at radius 1 is 1.33 bits per heavy atom. The van der Waals surface area contributed by atoms with Crippen LogP contribution in [-0.4, -0.2) is 36.1 Å². The third kappa shape index (κ3) is 3.56. The molecule has 0 radical (unpaired) electrons. The van der Waals surface area contributed by atoms with Gasteiger partial charge in [0.15, 0.2) is 9.84 Å². The predicted octanol–water partition coefficient (Wildman–Crippen LogP) is 2.75. The zero-order chi connectivity index (χ0) is 17.4. The molecule has 130 valence electrons. The molecule has 24 heavy (non-hydrogen) atoms. The summed E-state index contributed by atoms with van der Waals surface area (Å²) in [5, 5.41) is 6.75. The fraction of sp³-hybridized carbons (Fsp3) is 0.471. The van der Waals surface area contributed by atoms with E-state index in [0.29, 0.717) is 12.1 Å². The average Bonchev–Trinajstić information content (AvgIpc) is 3.00. The molecular weight excluding hydrogens is 326 g/mol. The van der Waals surface area contributed by atoms with E-state index in [-0.39, 0.29) is 17.5 Å². The number of amides is 2. The molecule has 1 atom stereocenters. The third-order valence-electron chi connectivity index (χ3n) is 4.41. The molecule has 0 aliphatic carbocycles. The van der Waals surface area contributed by atoms with Crippen LogP contribution >= 0.6 is 0 Å². The van der Waals surface area contributed by atoms with E-state index in [9.17, 15) is 13.2 Å². The van der Waals surface area contributed by atoms with Gasteiger partial charge in [0.2, 0.25) is 0 Å². The maximum absolute atomic E-state index is 12.2. The largest absolute Gasteiger partial charge is 0.347 e. The zero-order valence-corrected chi connectivity index (χ0v) is 14.8. The van der Waals surface area contributed by atoms with Crippen LogP contribution in [0.4, 0.5) is 10.5 Å². The fourth-order valence-corrected chi connectivity index (χ4v) is 5.34. The van der Waals surface area contributed by atoms with Crippen LogP contribution < -0.4 is 10.6 Å². The highest BCUT2D eigenvalue weighted by Gasteiger charge is 2.39. The first-order valence-corrected chi connectivity index (χ1v) is 10.0. The number of aryl methyl sites for hydroxylation is 1. The lowest BCUT2D eigenvalue weighted by Gasteiger charge is -2.24. The molecule has 1 fully saturated rings. The minimum absolute atomic E-state index is 0.00813. The molecule has 0 saturated carbocycles. The first kappa shape index (κ1) is 16.8. The maximum Gasteiger partial charge on any atom is 0.319 e. The van der Waals surface area contributed by atoms with Gasteiger partial charge in [0, 0.05) is 18.4 Å². The highest BCUT2D eigenvalue weighted by atomic mass is 32.2. The standard InChI is InChI=1S/C17H23N3O3S/c1-3-8-20-9-6-13-4-5-14(11-15(13)20)18-16(21)19-17(2)7-10-24(22,23)12-17/h4-6,9,11H,3,7-8,10,12H2,1-2H3,(H2,18,19,21)/t17-/m1/s1. The van der Waals surface area contributed by atoms with Crippen molar-refractivity contribution < 1.29 is 13.2 Å². The van der Waals surface area contributed by atoms with Crippen LogP contribution in [0.5, 0.6) is 0 Å². The summed E-state index contributed by atoms with van der Waals surface area (Å²) in [6.07, 6.45) is 3.53. The molecule has 1 aliphatic heterocycles. The average molecular weight is 349 g/mol. The minimum atomic E-state index is -3.05. The van der Waals surface area contributed by atoms with E-state index in [4.69, 9.17) is 0 Å². The van der Waals surface area contributed by atoms with Crippen molar-refractivity contribution in [2.75, 3.05) is 16.8 Å². The van der Waals surface area contributed by atoms with Gasteiger partial charge in [-0.2, -0.15) is 0 Å². The van der Waals surface area contributed by atoms with Crippen LogP contribution in [0, 0.1) is 0 Å². The van der Waals surface area contributed by atoms with Gasteiger partial charge in [-0.3, -0.25) is 0 Å². The van der Waals surface area contributed by atoms with Crippen molar-refractivity contribution in [3.63, 3.8) is 0 Å². The topological polar surface area (TPSA) is 80.2 Å². The number of aromatic nitrogens is 1. The number of hydrogen-bond acceptors (Lipinski definition) is 3. The Balaban J connectivity index is 1.72. The molecule has 0 bridgehead atoms. The Labute approximate surface area is 142 Å². The Morgan fingerprint density at radius 3 is 2.79 bits per heavy atom. The van der Waals surface area contributed by atoms with Crippen LogP contribution in [-0.2, 0) is 16.4 Å². The van der Waals surface area contributed by atoms with Crippen LogP contribution in [0.2, 0.25) is 0 Å². The molecule has 2 aromatic rings. The van der Waals surface area contributed by atoms with Crippen LogP contribution in [0.3, 0.4) is 0 Å². The van der Waals surface area contributed by atoms with Gasteiger partial charge >= 0.3 is 6.03 Å². The highest BCUT2D eigenvalue weighted by molar-refractivity contribution is 7.91. The molecule has 1 aromatic heterocycles. The van der Waals surface area contributed by atoms with Crippen molar-refractivity contribution in [2.24, 2.45) is 0 Å². The number of rotatable bonds is 4. The van der Waals surface area contributed by atoms with E-state index in [1.54, 1.807) is 6.92 Å². The summed E-state index contributed by atoms with van der Waals surface area (Å²) in [4.78, 5) is 12.2. The van der Waals surface area contributed by atoms with Crippen molar-refractivity contribution in [1.29, 1.82) is 0 Å². The van der Waals surface area contributed by atoms with Gasteiger partial charge in [-0.15, -0.1) is 0 Å². The Kier molecular flexibility index (Phi) is 4.29. The van der Waals surface area contributed by atoms with Gasteiger partial charge in [0.1, 0.15) is 0 Å². The number of fused-ring (bicyclic) bond motifs is 1. The lowest BCUT2D eigenvalue weighted by atomic mass is 10.0. The van der Waals surface area contributed by atoms with Crippen molar-refractivity contribution in [3.05, 3.63) is 30.5 Å². The zero-order valence-electron chi connectivity index (χ0n) is 14.0. The molecule has 7 heteroatoms. The summed E-state index contributed by atoms with van der Waals surface area (Å²) >= 11 is 0. The Bertz CT molecular complexity index is 872. The quantitative estimate of drug-likeness (QED) is 0.891. The summed E-state index contributed by atoms with van der Waals surface area (Å²) in [5.41, 5.74) is 1.07. The molecule has 1 aromatic carbocycles. The second-order valence-corrected chi connectivity index (χ2v) is 8.95. The van der Waals surface area contributed by atoms with E-state index in [1.165, 1.54) is 0 Å². The number of carbonyl (C=O) groups excluding carboxylic acids is 1. The molecule has 3 rings (SSSR count). The smallest absolute Gasteiger partial charge is 0.319 e. The molecule has 1 saturated heterocycles. The fourth-order valence-electron chi connectivity index (χ4n) is 3.24. The maximum atomic E-state index is 12.2. The summed E-state index contributed by atoms with van der Waals surface area (Å²) in [6.45, 7) is 4.82. The summed E-state index contributed by atoms with van der Waals surface area (Å²) in [5.74, 6) is 0.117. The molecular formula is C17H23N3O3S. The van der Waals surface area contributed by atoms with Crippen LogP contribution in [0.25, 0.3) is 10.9 Å². The Morgan fingerprint density at radius 2 is 2.12 bits per heavy atom. The summed E-state index contributed by atoms with van der Waals surface area (Å²) in [6, 6.07) is 7.45. The second-order valence-electron chi connectivity index (χ2n) is 6.76. The number of hydrogen-bond donors (Lipinski definition) is 2. The monoisotopic (exact) mass is 349 g/mol. The predicted molar refractivity (Wildman–Crippen MR) is 96.1 cm³/mol. The number of benzene rings is 1. The number of nitrogens with zero attached hydrogens (tertiary/aromatic N) is 1. The van der Waals surface area contributed by atoms with Gasteiger partial charge in [0.25, 0.3) is 0 Å². The highest BCUT2D eigenvalue weighted by Crippen LogP contribution is 2.24. The van der Waals surface area contributed by atoms with E-state index in [1.807, 2.05) is 24.4 Å². The summed E-state index contributed by atoms with van der Waals surface area (Å²) < 4.78 is 25.4. The van der Waals surface area contributed by atoms with E-state index >= 15 is 0 Å². The molecule has 2 amide bonds. The number of sulfone groups is 1. The van der Waals surface area contributed by atoms with Crippen LogP contribution in [0.15, 0.2) is 30.5 Å². The molecule has 6 nitrogen and oxygen atoms in total. The van der Waals surface area contributed by atoms with Crippen molar-refractivity contribution in [3.8, 4) is 0 Å². The van der Waals surface area contributed by atoms with Crippen LogP contribution in [0.1, 0.15) is 26.7 Å². The van der Waals surface area contributed by atoms with Gasteiger partial charge in [0.05, 0.1) is 22.6 Å². The number of anilines is 1. The van der Waals surface area contributed by atoms with E-state index < -0.39 is 15.4 Å². The van der Waals surface area contributed by atoms with Crippen molar-refractivity contribution in [2.45, 2.75) is 38.8 Å². The normalized spacial score (nSPS) is 22.6. The number of urea groups is 1. The SMILES string of the molecule is CCCn1ccc2ccc(NC(=O)N[C@]3(C)CCS(=O)(=O)C3)cc21. The summed E-state index contributed by atoms with van der Waals surface area (Å²) in [7, 11) is -3.05. The van der Waals surface area contributed by atoms with Gasteiger partial charge in [-0.25, -0.2) is 13.2 Å². The molecule has 2 N–H and O–H groups in total. The Hall–Kier alpha value is -2.02. The second kappa shape index (κ2) is 6.12. The molecule has 0 unspecified atom stereocenters. The van der Waals surface area contributed by atoms with E-state index in [0.717, 1.165) is 23.9 Å². The number of nitrogens with one attached hydrogen (secondary N) is 2. The third-order valence-corrected chi connectivity index (χ3v) is 6.32. The van der Waals surface area contributed by atoms with Gasteiger partial charge < -0.3 is 15.2 Å². The number of carbonyl (C=O) groups is 1.